The molecule has 2 atom stereocenters. The first-order valence-corrected chi connectivity index (χ1v) is 12.5. The monoisotopic (exact) mass is 468 g/mol. The van der Waals surface area contributed by atoms with E-state index in [1.807, 2.05) is 31.2 Å². The number of para-hydroxylation sites is 1. The van der Waals surface area contributed by atoms with Crippen molar-refractivity contribution < 1.29 is 13.2 Å². The number of amides is 1. The zero-order valence-electron chi connectivity index (χ0n) is 15.5. The highest BCUT2D eigenvalue weighted by molar-refractivity contribution is 8.16. The van der Waals surface area contributed by atoms with Crippen LogP contribution in [0.15, 0.2) is 47.5 Å². The van der Waals surface area contributed by atoms with E-state index >= 15 is 0 Å². The molecule has 2 fully saturated rings. The van der Waals surface area contributed by atoms with E-state index in [1.54, 1.807) is 23.1 Å². The number of carbonyl (C=O) groups excluding carboxylic acids is 1. The van der Waals surface area contributed by atoms with Crippen molar-refractivity contribution in [3.8, 4) is 0 Å². The van der Waals surface area contributed by atoms with Gasteiger partial charge in [-0.3, -0.25) is 4.79 Å². The number of aliphatic imine (C=N–C) groups is 1. The van der Waals surface area contributed by atoms with Gasteiger partial charge in [0.1, 0.15) is 0 Å². The van der Waals surface area contributed by atoms with Gasteiger partial charge in [0, 0.05) is 5.25 Å². The fourth-order valence-electron chi connectivity index (χ4n) is 3.69. The van der Waals surface area contributed by atoms with E-state index in [1.165, 1.54) is 11.8 Å². The molecule has 5 nitrogen and oxygen atoms in total. The van der Waals surface area contributed by atoms with Crippen LogP contribution in [0, 0.1) is 6.92 Å². The van der Waals surface area contributed by atoms with E-state index in [2.05, 4.69) is 4.99 Å². The Morgan fingerprint density at radius 1 is 1.17 bits per heavy atom. The van der Waals surface area contributed by atoms with E-state index in [4.69, 9.17) is 23.2 Å². The molecule has 2 saturated heterocycles. The van der Waals surface area contributed by atoms with Crippen LogP contribution in [0.2, 0.25) is 10.0 Å². The first-order chi connectivity index (χ1) is 13.7. The average molecular weight is 469 g/mol. The molecule has 1 amide bonds. The fraction of sp³-hybridized carbons (Fsp3) is 0.300. The normalized spacial score (nSPS) is 24.1. The number of anilines is 1. The Kier molecular flexibility index (Phi) is 5.68. The van der Waals surface area contributed by atoms with Crippen LogP contribution in [-0.4, -0.2) is 42.3 Å². The van der Waals surface area contributed by atoms with E-state index in [-0.39, 0.29) is 35.1 Å². The van der Waals surface area contributed by atoms with Crippen molar-refractivity contribution in [1.82, 2.24) is 0 Å². The zero-order valence-corrected chi connectivity index (χ0v) is 18.7. The molecule has 4 rings (SSSR count). The Balaban J connectivity index is 1.70. The van der Waals surface area contributed by atoms with E-state index in [0.29, 0.717) is 20.9 Å². The minimum Gasteiger partial charge on any atom is -0.313 e. The Labute approximate surface area is 184 Å². The van der Waals surface area contributed by atoms with Crippen LogP contribution in [0.25, 0.3) is 0 Å². The Morgan fingerprint density at radius 2 is 1.86 bits per heavy atom. The Morgan fingerprint density at radius 3 is 2.55 bits per heavy atom. The van der Waals surface area contributed by atoms with E-state index in [9.17, 15) is 13.2 Å². The standard InChI is InChI=1S/C20H18Cl2N2O3S2/c1-12-4-2-5-13(8-12)9-18(25)23-20-24(19-14(21)6-3-7-15(19)22)16-10-29(26,27)11-17(16)28-20/h2-8,16-17H,9-11H2,1H3/t16-,17-/m0/s1. The van der Waals surface area contributed by atoms with Crippen molar-refractivity contribution in [2.75, 3.05) is 16.4 Å². The minimum atomic E-state index is -3.17. The number of benzene rings is 2. The summed E-state index contributed by atoms with van der Waals surface area (Å²) in [7, 11) is -3.17. The first kappa shape index (κ1) is 20.7. The van der Waals surface area contributed by atoms with Crippen LogP contribution in [0.3, 0.4) is 0 Å². The second kappa shape index (κ2) is 7.95. The summed E-state index contributed by atoms with van der Waals surface area (Å²) >= 11 is 14.1. The van der Waals surface area contributed by atoms with Crippen LogP contribution < -0.4 is 4.90 Å². The number of hydrogen-bond acceptors (Lipinski definition) is 4. The number of carbonyl (C=O) groups is 1. The van der Waals surface area contributed by atoms with E-state index in [0.717, 1.165) is 11.1 Å². The lowest BCUT2D eigenvalue weighted by atomic mass is 10.1. The lowest BCUT2D eigenvalue weighted by Crippen LogP contribution is -2.38. The van der Waals surface area contributed by atoms with Crippen molar-refractivity contribution in [2.45, 2.75) is 24.6 Å². The van der Waals surface area contributed by atoms with Crippen molar-refractivity contribution in [1.29, 1.82) is 0 Å². The van der Waals surface area contributed by atoms with Crippen LogP contribution in [0.5, 0.6) is 0 Å². The summed E-state index contributed by atoms with van der Waals surface area (Å²) in [5.41, 5.74) is 2.45. The SMILES string of the molecule is Cc1cccc(CC(=O)N=C2S[C@H]3CS(=O)(=O)C[C@@H]3N2c2c(Cl)cccc2Cl)c1. The van der Waals surface area contributed by atoms with Gasteiger partial charge in [-0.25, -0.2) is 8.42 Å². The van der Waals surface area contributed by atoms with Crippen molar-refractivity contribution in [2.24, 2.45) is 4.99 Å². The number of hydrogen-bond donors (Lipinski definition) is 0. The van der Waals surface area contributed by atoms with Crippen LogP contribution >= 0.6 is 35.0 Å². The lowest BCUT2D eigenvalue weighted by Gasteiger charge is -2.26. The maximum atomic E-state index is 12.7. The number of amidine groups is 1. The third-order valence-electron chi connectivity index (χ3n) is 4.90. The quantitative estimate of drug-likeness (QED) is 0.676. The third kappa shape index (κ3) is 4.33. The number of fused-ring (bicyclic) bond motifs is 1. The Bertz CT molecular complexity index is 1100. The van der Waals surface area contributed by atoms with Crippen LogP contribution in [-0.2, 0) is 21.1 Å². The summed E-state index contributed by atoms with van der Waals surface area (Å²) in [5, 5.41) is 1.02. The molecular weight excluding hydrogens is 451 g/mol. The minimum absolute atomic E-state index is 0.0166. The molecule has 2 aliphatic rings. The fourth-order valence-corrected chi connectivity index (χ4v) is 8.18. The van der Waals surface area contributed by atoms with Crippen molar-refractivity contribution >= 4 is 61.6 Å². The Hall–Kier alpha value is -1.54. The van der Waals surface area contributed by atoms with Crippen LogP contribution in [0.4, 0.5) is 5.69 Å². The molecule has 0 unspecified atom stereocenters. The number of thioether (sulfide) groups is 1. The average Bonchev–Trinajstić information content (AvgIpc) is 3.07. The molecule has 0 aliphatic carbocycles. The van der Waals surface area contributed by atoms with Crippen molar-refractivity contribution in [3.05, 3.63) is 63.6 Å². The molecule has 0 N–H and O–H groups in total. The summed E-state index contributed by atoms with van der Waals surface area (Å²) in [6.07, 6.45) is 0.170. The molecule has 0 spiro atoms. The third-order valence-corrected chi connectivity index (χ3v) is 8.72. The maximum Gasteiger partial charge on any atom is 0.252 e. The second-order valence-corrected chi connectivity index (χ2v) is 11.4. The molecule has 0 radical (unpaired) electrons. The second-order valence-electron chi connectivity index (χ2n) is 7.19. The van der Waals surface area contributed by atoms with E-state index < -0.39 is 9.84 Å². The number of aryl methyl sites for hydroxylation is 1. The summed E-state index contributed by atoms with van der Waals surface area (Å²) in [6.45, 7) is 1.97. The van der Waals surface area contributed by atoms with Gasteiger partial charge in [0.05, 0.1) is 39.7 Å². The highest BCUT2D eigenvalue weighted by atomic mass is 35.5. The smallest absolute Gasteiger partial charge is 0.252 e. The first-order valence-electron chi connectivity index (χ1n) is 9.01. The van der Waals surface area contributed by atoms with Crippen LogP contribution in [0.1, 0.15) is 11.1 Å². The predicted octanol–water partition coefficient (Wildman–Crippen LogP) is 4.15. The molecule has 9 heteroatoms. The van der Waals surface area contributed by atoms with Gasteiger partial charge < -0.3 is 4.90 Å². The molecule has 2 aromatic carbocycles. The number of nitrogens with zero attached hydrogens (tertiary/aromatic N) is 2. The highest BCUT2D eigenvalue weighted by Gasteiger charge is 2.50. The van der Waals surface area contributed by atoms with Gasteiger partial charge in [0.2, 0.25) is 0 Å². The molecule has 0 aromatic heterocycles. The highest BCUT2D eigenvalue weighted by Crippen LogP contribution is 2.45. The summed E-state index contributed by atoms with van der Waals surface area (Å²) < 4.78 is 24.4. The van der Waals surface area contributed by atoms with Gasteiger partial charge in [-0.05, 0) is 24.6 Å². The zero-order chi connectivity index (χ0) is 20.8. The van der Waals surface area contributed by atoms with Gasteiger partial charge in [0.15, 0.2) is 15.0 Å². The molecule has 0 saturated carbocycles. The molecule has 29 heavy (non-hydrogen) atoms. The number of rotatable bonds is 3. The van der Waals surface area contributed by atoms with Gasteiger partial charge in [0.25, 0.3) is 5.91 Å². The van der Waals surface area contributed by atoms with Gasteiger partial charge in [-0.2, -0.15) is 4.99 Å². The summed E-state index contributed by atoms with van der Waals surface area (Å²) in [5.74, 6) is -0.266. The van der Waals surface area contributed by atoms with Gasteiger partial charge in [-0.1, -0.05) is 70.9 Å². The van der Waals surface area contributed by atoms with Gasteiger partial charge >= 0.3 is 0 Å². The molecule has 152 valence electrons. The summed E-state index contributed by atoms with van der Waals surface area (Å²) in [4.78, 5) is 18.7. The maximum absolute atomic E-state index is 12.7. The number of halogens is 2. The molecule has 2 aliphatic heterocycles. The van der Waals surface area contributed by atoms with Gasteiger partial charge in [-0.15, -0.1) is 0 Å². The predicted molar refractivity (Wildman–Crippen MR) is 120 cm³/mol. The largest absolute Gasteiger partial charge is 0.313 e. The topological polar surface area (TPSA) is 66.8 Å². The molecule has 2 aromatic rings. The molecule has 0 bridgehead atoms. The molecule has 2 heterocycles. The summed E-state index contributed by atoms with van der Waals surface area (Å²) in [6, 6.07) is 12.5. The van der Waals surface area contributed by atoms with Crippen molar-refractivity contribution in [3.63, 3.8) is 0 Å². The molecular formula is C20H18Cl2N2O3S2. The lowest BCUT2D eigenvalue weighted by molar-refractivity contribution is -0.117. The number of sulfone groups is 1.